The molecule has 0 amide bonds. The third-order valence-corrected chi connectivity index (χ3v) is 3.86. The van der Waals surface area contributed by atoms with Crippen LogP contribution in [0, 0.1) is 0 Å². The van der Waals surface area contributed by atoms with E-state index < -0.39 is 0 Å². The standard InChI is InChI=1S/C17H19NO/c1-19-17-10-6-5-9-16(17)13-11-15(12-13)18-14-7-3-2-4-8-14/h2-10,13,15,18H,11-12H2,1H3. The minimum absolute atomic E-state index is 0.581. The van der Waals surface area contributed by atoms with Gasteiger partial charge in [-0.15, -0.1) is 0 Å². The van der Waals surface area contributed by atoms with Crippen LogP contribution in [0.4, 0.5) is 5.69 Å². The maximum absolute atomic E-state index is 5.44. The van der Waals surface area contributed by atoms with E-state index in [-0.39, 0.29) is 0 Å². The van der Waals surface area contributed by atoms with E-state index in [1.54, 1.807) is 7.11 Å². The van der Waals surface area contributed by atoms with E-state index in [0.717, 1.165) is 5.75 Å². The van der Waals surface area contributed by atoms with Gasteiger partial charge in [-0.3, -0.25) is 0 Å². The molecule has 2 nitrogen and oxygen atoms in total. The Morgan fingerprint density at radius 3 is 2.37 bits per heavy atom. The highest BCUT2D eigenvalue weighted by molar-refractivity contribution is 5.45. The lowest BCUT2D eigenvalue weighted by Crippen LogP contribution is -2.34. The molecule has 0 heterocycles. The van der Waals surface area contributed by atoms with Crippen LogP contribution in [-0.4, -0.2) is 13.2 Å². The van der Waals surface area contributed by atoms with Crippen molar-refractivity contribution in [2.45, 2.75) is 24.8 Å². The molecule has 1 saturated carbocycles. The van der Waals surface area contributed by atoms with E-state index in [1.807, 2.05) is 18.2 Å². The predicted octanol–water partition coefficient (Wildman–Crippen LogP) is 4.05. The van der Waals surface area contributed by atoms with Crippen molar-refractivity contribution >= 4 is 5.69 Å². The summed E-state index contributed by atoms with van der Waals surface area (Å²) in [6.07, 6.45) is 2.35. The minimum Gasteiger partial charge on any atom is -0.496 e. The molecule has 3 rings (SSSR count). The summed E-state index contributed by atoms with van der Waals surface area (Å²) in [4.78, 5) is 0. The van der Waals surface area contributed by atoms with Gasteiger partial charge < -0.3 is 10.1 Å². The molecular formula is C17H19NO. The largest absolute Gasteiger partial charge is 0.496 e. The van der Waals surface area contributed by atoms with Crippen LogP contribution < -0.4 is 10.1 Å². The molecule has 0 aliphatic heterocycles. The van der Waals surface area contributed by atoms with Crippen molar-refractivity contribution in [2.24, 2.45) is 0 Å². The van der Waals surface area contributed by atoms with Gasteiger partial charge in [-0.1, -0.05) is 36.4 Å². The van der Waals surface area contributed by atoms with Crippen LogP contribution in [0.25, 0.3) is 0 Å². The number of para-hydroxylation sites is 2. The minimum atomic E-state index is 0.581. The van der Waals surface area contributed by atoms with Crippen LogP contribution in [0.1, 0.15) is 24.3 Å². The van der Waals surface area contributed by atoms with E-state index in [0.29, 0.717) is 12.0 Å². The lowest BCUT2D eigenvalue weighted by atomic mass is 9.75. The van der Waals surface area contributed by atoms with Gasteiger partial charge in [-0.2, -0.15) is 0 Å². The summed E-state index contributed by atoms with van der Waals surface area (Å²) in [6.45, 7) is 0. The quantitative estimate of drug-likeness (QED) is 0.887. The average molecular weight is 253 g/mol. The fourth-order valence-corrected chi connectivity index (χ4v) is 2.76. The molecule has 0 spiro atoms. The molecule has 0 aromatic heterocycles. The zero-order valence-corrected chi connectivity index (χ0v) is 11.2. The first-order valence-corrected chi connectivity index (χ1v) is 6.81. The molecular weight excluding hydrogens is 234 g/mol. The van der Waals surface area contributed by atoms with Gasteiger partial charge in [0.15, 0.2) is 0 Å². The molecule has 0 saturated heterocycles. The molecule has 1 fully saturated rings. The first-order chi connectivity index (χ1) is 9.36. The number of benzene rings is 2. The van der Waals surface area contributed by atoms with E-state index in [2.05, 4.69) is 41.7 Å². The lowest BCUT2D eigenvalue weighted by Gasteiger charge is -2.37. The first kappa shape index (κ1) is 12.1. The highest BCUT2D eigenvalue weighted by Gasteiger charge is 2.31. The second kappa shape index (κ2) is 5.35. The highest BCUT2D eigenvalue weighted by atomic mass is 16.5. The second-order valence-electron chi connectivity index (χ2n) is 5.12. The van der Waals surface area contributed by atoms with E-state index >= 15 is 0 Å². The van der Waals surface area contributed by atoms with E-state index in [1.165, 1.54) is 24.1 Å². The topological polar surface area (TPSA) is 21.3 Å². The zero-order chi connectivity index (χ0) is 13.1. The van der Waals surface area contributed by atoms with Gasteiger partial charge in [0.1, 0.15) is 5.75 Å². The van der Waals surface area contributed by atoms with Crippen LogP contribution in [0.2, 0.25) is 0 Å². The van der Waals surface area contributed by atoms with Crippen molar-refractivity contribution < 1.29 is 4.74 Å². The molecule has 0 atom stereocenters. The van der Waals surface area contributed by atoms with Gasteiger partial charge in [-0.05, 0) is 42.5 Å². The summed E-state index contributed by atoms with van der Waals surface area (Å²) in [7, 11) is 1.75. The molecule has 0 radical (unpaired) electrons. The van der Waals surface area contributed by atoms with Crippen molar-refractivity contribution in [3.63, 3.8) is 0 Å². The van der Waals surface area contributed by atoms with Crippen molar-refractivity contribution in [2.75, 3.05) is 12.4 Å². The second-order valence-corrected chi connectivity index (χ2v) is 5.12. The smallest absolute Gasteiger partial charge is 0.122 e. The molecule has 98 valence electrons. The third-order valence-electron chi connectivity index (χ3n) is 3.86. The molecule has 1 aliphatic carbocycles. The van der Waals surface area contributed by atoms with E-state index in [4.69, 9.17) is 4.74 Å². The summed E-state index contributed by atoms with van der Waals surface area (Å²) in [6, 6.07) is 19.4. The van der Waals surface area contributed by atoms with Crippen LogP contribution in [-0.2, 0) is 0 Å². The van der Waals surface area contributed by atoms with Crippen LogP contribution in [0.5, 0.6) is 5.75 Å². The molecule has 0 unspecified atom stereocenters. The van der Waals surface area contributed by atoms with Crippen molar-refractivity contribution in [1.82, 2.24) is 0 Å². The molecule has 1 N–H and O–H groups in total. The summed E-state index contributed by atoms with van der Waals surface area (Å²) in [5, 5.41) is 3.57. The number of hydrogen-bond acceptors (Lipinski definition) is 2. The fourth-order valence-electron chi connectivity index (χ4n) is 2.76. The van der Waals surface area contributed by atoms with Gasteiger partial charge in [0.2, 0.25) is 0 Å². The fraction of sp³-hybridized carbons (Fsp3) is 0.294. The van der Waals surface area contributed by atoms with E-state index in [9.17, 15) is 0 Å². The number of ether oxygens (including phenoxy) is 1. The van der Waals surface area contributed by atoms with Crippen molar-refractivity contribution in [1.29, 1.82) is 0 Å². The lowest BCUT2D eigenvalue weighted by molar-refractivity contribution is 0.350. The average Bonchev–Trinajstić information content (AvgIpc) is 2.43. The number of rotatable bonds is 4. The SMILES string of the molecule is COc1ccccc1C1CC(Nc2ccccc2)C1. The molecule has 0 bridgehead atoms. The number of hydrogen-bond donors (Lipinski definition) is 1. The maximum Gasteiger partial charge on any atom is 0.122 e. The molecule has 2 aromatic rings. The number of anilines is 1. The summed E-state index contributed by atoms with van der Waals surface area (Å²) in [5.74, 6) is 1.64. The molecule has 2 aromatic carbocycles. The Balaban J connectivity index is 1.61. The molecule has 19 heavy (non-hydrogen) atoms. The summed E-state index contributed by atoms with van der Waals surface area (Å²) >= 11 is 0. The zero-order valence-electron chi connectivity index (χ0n) is 11.2. The van der Waals surface area contributed by atoms with Gasteiger partial charge in [0.05, 0.1) is 7.11 Å². The van der Waals surface area contributed by atoms with Crippen LogP contribution >= 0.6 is 0 Å². The normalized spacial score (nSPS) is 21.5. The van der Waals surface area contributed by atoms with Gasteiger partial charge in [0, 0.05) is 11.7 Å². The van der Waals surface area contributed by atoms with Gasteiger partial charge in [0.25, 0.3) is 0 Å². The van der Waals surface area contributed by atoms with Crippen LogP contribution in [0.3, 0.4) is 0 Å². The summed E-state index contributed by atoms with van der Waals surface area (Å²) < 4.78 is 5.44. The Bertz CT molecular complexity index is 532. The van der Waals surface area contributed by atoms with Crippen LogP contribution in [0.15, 0.2) is 54.6 Å². The Kier molecular flexibility index (Phi) is 3.41. The maximum atomic E-state index is 5.44. The number of nitrogens with one attached hydrogen (secondary N) is 1. The monoisotopic (exact) mass is 253 g/mol. The third kappa shape index (κ3) is 2.58. The molecule has 1 aliphatic rings. The molecule has 2 heteroatoms. The Morgan fingerprint density at radius 2 is 1.63 bits per heavy atom. The first-order valence-electron chi connectivity index (χ1n) is 6.81. The number of methoxy groups -OCH3 is 1. The Morgan fingerprint density at radius 1 is 0.947 bits per heavy atom. The van der Waals surface area contributed by atoms with Gasteiger partial charge >= 0.3 is 0 Å². The Labute approximate surface area is 114 Å². The summed E-state index contributed by atoms with van der Waals surface area (Å²) in [5.41, 5.74) is 2.56. The van der Waals surface area contributed by atoms with Crippen molar-refractivity contribution in [3.8, 4) is 5.75 Å². The van der Waals surface area contributed by atoms with Crippen molar-refractivity contribution in [3.05, 3.63) is 60.2 Å². The predicted molar refractivity (Wildman–Crippen MR) is 78.8 cm³/mol. The Hall–Kier alpha value is -1.96. The highest BCUT2D eigenvalue weighted by Crippen LogP contribution is 2.42. The van der Waals surface area contributed by atoms with Gasteiger partial charge in [-0.25, -0.2) is 0 Å².